The number of hydrogen-bond donors (Lipinski definition) is 1. The first-order valence-corrected chi connectivity index (χ1v) is 6.06. The predicted octanol–water partition coefficient (Wildman–Crippen LogP) is 2.58. The quantitative estimate of drug-likeness (QED) is 0.902. The third-order valence-electron chi connectivity index (χ3n) is 3.37. The highest BCUT2D eigenvalue weighted by Crippen LogP contribution is 2.28. The van der Waals surface area contributed by atoms with Gasteiger partial charge in [0.1, 0.15) is 5.82 Å². The number of aromatic carboxylic acids is 1. The Labute approximate surface area is 108 Å². The number of fused-ring (bicyclic) bond motifs is 1. The first-order chi connectivity index (χ1) is 9.15. The molecule has 1 atom stereocenters. The summed E-state index contributed by atoms with van der Waals surface area (Å²) in [5.41, 5.74) is 1.20. The van der Waals surface area contributed by atoms with E-state index in [-0.39, 0.29) is 11.5 Å². The molecule has 0 amide bonds. The molecule has 5 heteroatoms. The molecule has 1 aliphatic rings. The number of aromatic nitrogens is 1. The van der Waals surface area contributed by atoms with Gasteiger partial charge in [0, 0.05) is 29.7 Å². The van der Waals surface area contributed by atoms with Crippen LogP contribution >= 0.6 is 0 Å². The molecule has 98 valence electrons. The molecule has 1 fully saturated rings. The largest absolute Gasteiger partial charge is 0.478 e. The second kappa shape index (κ2) is 4.59. The first-order valence-electron chi connectivity index (χ1n) is 6.06. The van der Waals surface area contributed by atoms with E-state index >= 15 is 0 Å². The number of hydrogen-bond acceptors (Lipinski definition) is 3. The summed E-state index contributed by atoms with van der Waals surface area (Å²) in [7, 11) is 0. The van der Waals surface area contributed by atoms with Crippen LogP contribution in [0.15, 0.2) is 24.3 Å². The highest BCUT2D eigenvalue weighted by Gasteiger charge is 2.22. The Morgan fingerprint density at radius 1 is 1.42 bits per heavy atom. The molecular formula is C14H12FNO3. The molecule has 1 aromatic heterocycles. The van der Waals surface area contributed by atoms with Crippen LogP contribution in [-0.4, -0.2) is 29.3 Å². The summed E-state index contributed by atoms with van der Waals surface area (Å²) in [4.78, 5) is 15.7. The molecule has 4 nitrogen and oxygen atoms in total. The number of pyridine rings is 1. The standard InChI is InChI=1S/C14H12FNO3/c15-9-1-2-10-11(14(17)18)6-12(16-13(10)5-9)8-3-4-19-7-8/h1-2,5-6,8H,3-4,7H2,(H,17,18). The van der Waals surface area contributed by atoms with Crippen molar-refractivity contribution in [2.45, 2.75) is 12.3 Å². The van der Waals surface area contributed by atoms with E-state index in [0.717, 1.165) is 6.42 Å². The minimum absolute atomic E-state index is 0.0887. The number of carboxylic acids is 1. The molecule has 0 radical (unpaired) electrons. The summed E-state index contributed by atoms with van der Waals surface area (Å²) in [6, 6.07) is 5.54. The van der Waals surface area contributed by atoms with Gasteiger partial charge in [0.15, 0.2) is 0 Å². The lowest BCUT2D eigenvalue weighted by molar-refractivity contribution is 0.0698. The third kappa shape index (κ3) is 2.17. The van der Waals surface area contributed by atoms with Gasteiger partial charge in [0.2, 0.25) is 0 Å². The third-order valence-corrected chi connectivity index (χ3v) is 3.37. The molecule has 0 saturated carbocycles. The summed E-state index contributed by atoms with van der Waals surface area (Å²) in [5, 5.41) is 9.72. The molecule has 19 heavy (non-hydrogen) atoms. The van der Waals surface area contributed by atoms with Gasteiger partial charge in [-0.15, -0.1) is 0 Å². The molecule has 0 bridgehead atoms. The highest BCUT2D eigenvalue weighted by molar-refractivity contribution is 6.02. The molecule has 1 unspecified atom stereocenters. The van der Waals surface area contributed by atoms with Crippen LogP contribution in [0.25, 0.3) is 10.9 Å². The topological polar surface area (TPSA) is 59.4 Å². The van der Waals surface area contributed by atoms with Crippen molar-refractivity contribution in [3.63, 3.8) is 0 Å². The van der Waals surface area contributed by atoms with E-state index in [1.54, 1.807) is 6.07 Å². The molecule has 2 aromatic rings. The molecule has 1 aromatic carbocycles. The highest BCUT2D eigenvalue weighted by atomic mass is 19.1. The Hall–Kier alpha value is -2.01. The van der Waals surface area contributed by atoms with Crippen molar-refractivity contribution in [2.75, 3.05) is 13.2 Å². The second-order valence-electron chi connectivity index (χ2n) is 4.62. The number of nitrogens with zero attached hydrogens (tertiary/aromatic N) is 1. The Bertz CT molecular complexity index is 650. The van der Waals surface area contributed by atoms with Crippen LogP contribution in [0.3, 0.4) is 0 Å². The molecule has 2 heterocycles. The van der Waals surface area contributed by atoms with Crippen LogP contribution in [0.1, 0.15) is 28.4 Å². The van der Waals surface area contributed by atoms with Gasteiger partial charge < -0.3 is 9.84 Å². The smallest absolute Gasteiger partial charge is 0.336 e. The average molecular weight is 261 g/mol. The van der Waals surface area contributed by atoms with Crippen molar-refractivity contribution in [1.29, 1.82) is 0 Å². The lowest BCUT2D eigenvalue weighted by atomic mass is 9.99. The molecule has 1 aliphatic heterocycles. The number of rotatable bonds is 2. The average Bonchev–Trinajstić information content (AvgIpc) is 2.90. The fraction of sp³-hybridized carbons (Fsp3) is 0.286. The van der Waals surface area contributed by atoms with Crippen molar-refractivity contribution in [1.82, 2.24) is 4.98 Å². The van der Waals surface area contributed by atoms with E-state index in [1.807, 2.05) is 0 Å². The van der Waals surface area contributed by atoms with Crippen molar-refractivity contribution < 1.29 is 19.0 Å². The van der Waals surface area contributed by atoms with Gasteiger partial charge >= 0.3 is 5.97 Å². The minimum atomic E-state index is -1.03. The maximum Gasteiger partial charge on any atom is 0.336 e. The van der Waals surface area contributed by atoms with Gasteiger partial charge in [0.25, 0.3) is 0 Å². The summed E-state index contributed by atoms with van der Waals surface area (Å²) < 4.78 is 18.6. The summed E-state index contributed by atoms with van der Waals surface area (Å²) in [6.45, 7) is 1.18. The van der Waals surface area contributed by atoms with Gasteiger partial charge in [-0.25, -0.2) is 9.18 Å². The van der Waals surface area contributed by atoms with Crippen LogP contribution in [0.4, 0.5) is 4.39 Å². The van der Waals surface area contributed by atoms with Crippen molar-refractivity contribution >= 4 is 16.9 Å². The van der Waals surface area contributed by atoms with Crippen LogP contribution in [0.5, 0.6) is 0 Å². The lowest BCUT2D eigenvalue weighted by Crippen LogP contribution is -2.06. The van der Waals surface area contributed by atoms with Gasteiger partial charge in [-0.2, -0.15) is 0 Å². The molecule has 3 rings (SSSR count). The van der Waals surface area contributed by atoms with Gasteiger partial charge in [0.05, 0.1) is 17.7 Å². The van der Waals surface area contributed by atoms with E-state index in [0.29, 0.717) is 29.8 Å². The van der Waals surface area contributed by atoms with Crippen molar-refractivity contribution in [3.8, 4) is 0 Å². The zero-order valence-corrected chi connectivity index (χ0v) is 10.1. The van der Waals surface area contributed by atoms with Gasteiger partial charge in [-0.05, 0) is 24.6 Å². The van der Waals surface area contributed by atoms with Gasteiger partial charge in [-0.3, -0.25) is 4.98 Å². The monoisotopic (exact) mass is 261 g/mol. The Morgan fingerprint density at radius 3 is 2.95 bits per heavy atom. The Balaban J connectivity index is 2.21. The maximum absolute atomic E-state index is 13.3. The van der Waals surface area contributed by atoms with E-state index < -0.39 is 11.8 Å². The van der Waals surface area contributed by atoms with Gasteiger partial charge in [-0.1, -0.05) is 0 Å². The van der Waals surface area contributed by atoms with Crippen molar-refractivity contribution in [2.24, 2.45) is 0 Å². The Morgan fingerprint density at radius 2 is 2.26 bits per heavy atom. The van der Waals surface area contributed by atoms with E-state index in [1.165, 1.54) is 18.2 Å². The fourth-order valence-corrected chi connectivity index (χ4v) is 2.38. The molecular weight excluding hydrogens is 249 g/mol. The number of carboxylic acid groups (broad SMARTS) is 1. The Kier molecular flexibility index (Phi) is 2.91. The van der Waals surface area contributed by atoms with E-state index in [2.05, 4.69) is 4.98 Å². The molecule has 1 N–H and O–H groups in total. The second-order valence-corrected chi connectivity index (χ2v) is 4.62. The number of benzene rings is 1. The molecule has 1 saturated heterocycles. The number of ether oxygens (including phenoxy) is 1. The van der Waals surface area contributed by atoms with Crippen LogP contribution in [-0.2, 0) is 4.74 Å². The number of carbonyl (C=O) groups is 1. The first kappa shape index (κ1) is 12.0. The molecule has 0 aliphatic carbocycles. The number of halogens is 1. The van der Waals surface area contributed by atoms with E-state index in [4.69, 9.17) is 4.74 Å². The fourth-order valence-electron chi connectivity index (χ4n) is 2.38. The summed E-state index contributed by atoms with van der Waals surface area (Å²) >= 11 is 0. The van der Waals surface area contributed by atoms with Crippen LogP contribution < -0.4 is 0 Å². The summed E-state index contributed by atoms with van der Waals surface area (Å²) in [6.07, 6.45) is 0.812. The lowest BCUT2D eigenvalue weighted by Gasteiger charge is -2.10. The van der Waals surface area contributed by atoms with Crippen LogP contribution in [0.2, 0.25) is 0 Å². The SMILES string of the molecule is O=C(O)c1cc(C2CCOC2)nc2cc(F)ccc12. The normalized spacial score (nSPS) is 18.9. The minimum Gasteiger partial charge on any atom is -0.478 e. The zero-order valence-electron chi connectivity index (χ0n) is 10.1. The zero-order chi connectivity index (χ0) is 13.4. The summed E-state index contributed by atoms with van der Waals surface area (Å²) in [5.74, 6) is -1.36. The maximum atomic E-state index is 13.3. The van der Waals surface area contributed by atoms with E-state index in [9.17, 15) is 14.3 Å². The van der Waals surface area contributed by atoms with Crippen LogP contribution in [0, 0.1) is 5.82 Å². The predicted molar refractivity (Wildman–Crippen MR) is 66.8 cm³/mol. The molecule has 0 spiro atoms. The van der Waals surface area contributed by atoms with Crippen molar-refractivity contribution in [3.05, 3.63) is 41.3 Å².